The molecule has 4 N–H and O–H groups in total. The molecule has 3 amide bonds. The van der Waals surface area contributed by atoms with Gasteiger partial charge in [-0.3, -0.25) is 24.2 Å². The summed E-state index contributed by atoms with van der Waals surface area (Å²) in [6, 6.07) is 7.07. The summed E-state index contributed by atoms with van der Waals surface area (Å²) in [4.78, 5) is 58.7. The number of fused-ring (bicyclic) bond motifs is 4. The molecule has 1 aromatic heterocycles. The first-order chi connectivity index (χ1) is 21.0. The molecule has 2 fully saturated rings. The minimum absolute atomic E-state index is 0.256. The van der Waals surface area contributed by atoms with Gasteiger partial charge < -0.3 is 20.5 Å². The summed E-state index contributed by atoms with van der Waals surface area (Å²) in [6.45, 7) is 7.40. The summed E-state index contributed by atoms with van der Waals surface area (Å²) < 4.78 is 5.78. The first-order valence-electron chi connectivity index (χ1n) is 15.6. The first kappa shape index (κ1) is 31.6. The molecule has 0 radical (unpaired) electrons. The van der Waals surface area contributed by atoms with E-state index in [0.717, 1.165) is 10.9 Å². The first-order valence-corrected chi connectivity index (χ1v) is 15.6. The van der Waals surface area contributed by atoms with Gasteiger partial charge in [-0.15, -0.1) is 0 Å². The number of aliphatic hydroxyl groups is 1. The van der Waals surface area contributed by atoms with Crippen molar-refractivity contribution in [3.63, 3.8) is 0 Å². The molecule has 5 rings (SSSR count). The maximum Gasteiger partial charge on any atom is 0.325 e. The van der Waals surface area contributed by atoms with E-state index in [-0.39, 0.29) is 11.8 Å². The SMILES string of the molecule is CC1NC(=O)[C@H](C(C)C)NC(=O)C2(/C=C/c3ccc4ccc(nc4c3)[C@@H](C)OC(=O)[C@@H]3CCCN(N3)C1=O)CCC(O)CC2. The van der Waals surface area contributed by atoms with Crippen LogP contribution in [0.15, 0.2) is 36.4 Å². The zero-order valence-corrected chi connectivity index (χ0v) is 25.8. The number of ether oxygens (including phenoxy) is 1. The molecule has 3 heterocycles. The molecule has 5 bridgehead atoms. The molecule has 4 atom stereocenters. The molecule has 44 heavy (non-hydrogen) atoms. The van der Waals surface area contributed by atoms with E-state index in [0.29, 0.717) is 56.3 Å². The molecule has 2 aliphatic heterocycles. The average molecular weight is 606 g/mol. The number of aliphatic hydroxyl groups excluding tert-OH is 1. The highest BCUT2D eigenvalue weighted by molar-refractivity contribution is 5.94. The van der Waals surface area contributed by atoms with Crippen molar-refractivity contribution < 1.29 is 29.0 Å². The Morgan fingerprint density at radius 1 is 1.02 bits per heavy atom. The van der Waals surface area contributed by atoms with Crippen LogP contribution in [0.3, 0.4) is 0 Å². The van der Waals surface area contributed by atoms with E-state index in [2.05, 4.69) is 16.1 Å². The lowest BCUT2D eigenvalue weighted by atomic mass is 9.71. The molecule has 2 aromatic rings. The van der Waals surface area contributed by atoms with Crippen molar-refractivity contribution in [2.75, 3.05) is 6.54 Å². The van der Waals surface area contributed by atoms with Crippen LogP contribution in [0.4, 0.5) is 0 Å². The number of nitrogens with one attached hydrogen (secondary N) is 3. The van der Waals surface area contributed by atoms with Gasteiger partial charge in [-0.2, -0.15) is 0 Å². The van der Waals surface area contributed by atoms with Gasteiger partial charge in [0.05, 0.1) is 22.7 Å². The highest BCUT2D eigenvalue weighted by Gasteiger charge is 2.42. The number of hydrazine groups is 1. The van der Waals surface area contributed by atoms with E-state index in [9.17, 15) is 24.3 Å². The lowest BCUT2D eigenvalue weighted by molar-refractivity contribution is -0.157. The Morgan fingerprint density at radius 3 is 2.48 bits per heavy atom. The van der Waals surface area contributed by atoms with Crippen LogP contribution in [-0.2, 0) is 23.9 Å². The van der Waals surface area contributed by atoms with Crippen molar-refractivity contribution in [2.45, 2.75) is 96.6 Å². The van der Waals surface area contributed by atoms with Crippen molar-refractivity contribution in [1.82, 2.24) is 26.1 Å². The standard InChI is InChI=1S/C33H43N5O6/c1-19(2)28-29(40)34-20(3)30(41)38-17-5-6-26(37-38)31(42)44-21(4)25-10-9-23-8-7-22(18-27(23)35-25)11-14-33(32(43)36-28)15-12-24(39)13-16-33/h7-11,14,18-21,24,26,28,37,39H,5-6,12-13,15-17H2,1-4H3,(H,34,40)(H,36,43)/b14-11+/t20?,21-,24?,26+,28+,33?/m1/s1. The van der Waals surface area contributed by atoms with E-state index < -0.39 is 53.5 Å². The van der Waals surface area contributed by atoms with Crippen LogP contribution in [-0.4, -0.2) is 69.6 Å². The third-order valence-electron chi connectivity index (χ3n) is 9.04. The van der Waals surface area contributed by atoms with Crippen molar-refractivity contribution in [1.29, 1.82) is 0 Å². The topological polar surface area (TPSA) is 150 Å². The molecule has 1 unspecified atom stereocenters. The normalized spacial score (nSPS) is 31.5. The maximum absolute atomic E-state index is 14.0. The van der Waals surface area contributed by atoms with Crippen LogP contribution >= 0.6 is 0 Å². The summed E-state index contributed by atoms with van der Waals surface area (Å²) in [6.07, 6.45) is 5.53. The average Bonchev–Trinajstić information content (AvgIpc) is 3.01. The van der Waals surface area contributed by atoms with Crippen LogP contribution in [0.1, 0.15) is 83.6 Å². The number of nitrogens with zero attached hydrogens (tertiary/aromatic N) is 2. The smallest absolute Gasteiger partial charge is 0.325 e. The van der Waals surface area contributed by atoms with Crippen LogP contribution in [0.2, 0.25) is 0 Å². The van der Waals surface area contributed by atoms with Gasteiger partial charge in [0.1, 0.15) is 24.2 Å². The Labute approximate surface area is 257 Å². The quantitative estimate of drug-likeness (QED) is 0.363. The Bertz CT molecular complexity index is 1450. The molecule has 3 aliphatic rings. The van der Waals surface area contributed by atoms with Crippen molar-refractivity contribution in [3.05, 3.63) is 47.7 Å². The minimum atomic E-state index is -0.924. The number of carbonyl (C=O) groups is 4. The number of amides is 3. The van der Waals surface area contributed by atoms with Crippen molar-refractivity contribution >= 4 is 40.7 Å². The fourth-order valence-corrected chi connectivity index (χ4v) is 6.17. The zero-order chi connectivity index (χ0) is 31.6. The number of hydrogen-bond acceptors (Lipinski definition) is 8. The third-order valence-corrected chi connectivity index (χ3v) is 9.04. The van der Waals surface area contributed by atoms with E-state index in [1.54, 1.807) is 13.8 Å². The number of aromatic nitrogens is 1. The summed E-state index contributed by atoms with van der Waals surface area (Å²) >= 11 is 0. The van der Waals surface area contributed by atoms with Gasteiger partial charge >= 0.3 is 5.97 Å². The Morgan fingerprint density at radius 2 is 1.75 bits per heavy atom. The number of hydrogen-bond donors (Lipinski definition) is 4. The molecule has 1 saturated carbocycles. The van der Waals surface area contributed by atoms with Crippen LogP contribution in [0.5, 0.6) is 0 Å². The van der Waals surface area contributed by atoms with Crippen LogP contribution in [0.25, 0.3) is 17.0 Å². The highest BCUT2D eigenvalue weighted by Crippen LogP contribution is 2.39. The second kappa shape index (κ2) is 13.0. The predicted octanol–water partition coefficient (Wildman–Crippen LogP) is 2.93. The second-order valence-corrected chi connectivity index (χ2v) is 12.7. The molecule has 1 saturated heterocycles. The van der Waals surface area contributed by atoms with Gasteiger partial charge in [0, 0.05) is 11.9 Å². The summed E-state index contributed by atoms with van der Waals surface area (Å²) in [5.41, 5.74) is 4.21. The van der Waals surface area contributed by atoms with Gasteiger partial charge in [-0.1, -0.05) is 44.2 Å². The number of cyclic esters (lactones) is 1. The lowest BCUT2D eigenvalue weighted by Crippen LogP contribution is -2.61. The molecule has 11 nitrogen and oxygen atoms in total. The van der Waals surface area contributed by atoms with Crippen LogP contribution < -0.4 is 16.1 Å². The minimum Gasteiger partial charge on any atom is -0.455 e. The Balaban J connectivity index is 1.53. The van der Waals surface area contributed by atoms with Gasteiger partial charge in [-0.25, -0.2) is 10.4 Å². The van der Waals surface area contributed by atoms with E-state index in [1.807, 2.05) is 56.3 Å². The maximum atomic E-state index is 14.0. The zero-order valence-electron chi connectivity index (χ0n) is 25.8. The Kier molecular flexibility index (Phi) is 9.36. The largest absolute Gasteiger partial charge is 0.455 e. The van der Waals surface area contributed by atoms with E-state index in [4.69, 9.17) is 9.72 Å². The second-order valence-electron chi connectivity index (χ2n) is 12.7. The predicted molar refractivity (Wildman–Crippen MR) is 164 cm³/mol. The lowest BCUT2D eigenvalue weighted by Gasteiger charge is -2.37. The molecule has 236 valence electrons. The van der Waals surface area contributed by atoms with Gasteiger partial charge in [0.2, 0.25) is 11.8 Å². The number of rotatable bonds is 1. The molecular weight excluding hydrogens is 562 g/mol. The van der Waals surface area contributed by atoms with Gasteiger partial charge in [0.15, 0.2) is 0 Å². The third kappa shape index (κ3) is 6.78. The fraction of sp³-hybridized carbons (Fsp3) is 0.545. The number of esters is 1. The van der Waals surface area contributed by atoms with E-state index in [1.165, 1.54) is 5.01 Å². The molecule has 1 aromatic carbocycles. The monoisotopic (exact) mass is 605 g/mol. The van der Waals surface area contributed by atoms with Crippen LogP contribution in [0, 0.1) is 11.3 Å². The number of carbonyl (C=O) groups excluding carboxylic acids is 4. The molecule has 1 aliphatic carbocycles. The van der Waals surface area contributed by atoms with Crippen molar-refractivity contribution in [3.8, 4) is 0 Å². The van der Waals surface area contributed by atoms with Crippen molar-refractivity contribution in [2.24, 2.45) is 11.3 Å². The molecular formula is C33H43N5O6. The molecule has 11 heteroatoms. The summed E-state index contributed by atoms with van der Waals surface area (Å²) in [5, 5.41) is 18.3. The number of benzene rings is 1. The fourth-order valence-electron chi connectivity index (χ4n) is 6.17. The summed E-state index contributed by atoms with van der Waals surface area (Å²) in [7, 11) is 0. The molecule has 1 spiro atoms. The van der Waals surface area contributed by atoms with Gasteiger partial charge in [-0.05, 0) is 76.0 Å². The Hall–Kier alpha value is -3.83. The number of pyridine rings is 1. The van der Waals surface area contributed by atoms with Gasteiger partial charge in [0.25, 0.3) is 5.91 Å². The van der Waals surface area contributed by atoms with E-state index >= 15 is 0 Å². The highest BCUT2D eigenvalue weighted by atomic mass is 16.5. The summed E-state index contributed by atoms with van der Waals surface area (Å²) in [5.74, 6) is -1.89.